The molecule has 0 amide bonds. The van der Waals surface area contributed by atoms with Crippen LogP contribution in [-0.2, 0) is 0 Å². The second kappa shape index (κ2) is 5.77. The molecule has 0 aliphatic rings. The van der Waals surface area contributed by atoms with Crippen molar-refractivity contribution >= 4 is 11.6 Å². The summed E-state index contributed by atoms with van der Waals surface area (Å²) in [6.07, 6.45) is 2.41. The first-order valence-electron chi connectivity index (χ1n) is 6.19. The van der Waals surface area contributed by atoms with E-state index in [1.54, 1.807) is 0 Å². The van der Waals surface area contributed by atoms with Crippen molar-refractivity contribution in [2.24, 2.45) is 5.92 Å². The van der Waals surface area contributed by atoms with Crippen molar-refractivity contribution in [2.75, 3.05) is 23.7 Å². The van der Waals surface area contributed by atoms with Crippen LogP contribution in [0.15, 0.2) is 0 Å². The quantitative estimate of drug-likeness (QED) is 0.780. The van der Waals surface area contributed by atoms with Crippen LogP contribution in [0, 0.1) is 12.8 Å². The van der Waals surface area contributed by atoms with Gasteiger partial charge >= 0.3 is 0 Å². The third-order valence-corrected chi connectivity index (χ3v) is 3.14. The monoisotopic (exact) mass is 224 g/mol. The average molecular weight is 224 g/mol. The Hall–Kier alpha value is -1.19. The minimum Gasteiger partial charge on any atom is -0.382 e. The van der Waals surface area contributed by atoms with Gasteiger partial charge in [-0.1, -0.05) is 26.7 Å². The summed E-state index contributed by atoms with van der Waals surface area (Å²) in [6, 6.07) is 0. The molecule has 0 aromatic carbocycles. The molecular formula is C12H24N4. The maximum atomic E-state index is 5.92. The highest BCUT2D eigenvalue weighted by Crippen LogP contribution is 2.22. The molecule has 0 saturated heterocycles. The Morgan fingerprint density at radius 2 is 1.94 bits per heavy atom. The second-order valence-electron chi connectivity index (χ2n) is 4.28. The molecule has 4 nitrogen and oxygen atoms in total. The highest BCUT2D eigenvalue weighted by atomic mass is 15.2. The molecule has 0 aliphatic carbocycles. The fourth-order valence-corrected chi connectivity index (χ4v) is 1.96. The van der Waals surface area contributed by atoms with E-state index < -0.39 is 0 Å². The van der Waals surface area contributed by atoms with Crippen LogP contribution in [0.2, 0.25) is 0 Å². The number of aryl methyl sites for hydroxylation is 1. The summed E-state index contributed by atoms with van der Waals surface area (Å²) in [5.74, 6) is 3.20. The molecule has 1 aromatic rings. The van der Waals surface area contributed by atoms with E-state index in [-0.39, 0.29) is 0 Å². The molecule has 1 heterocycles. The Balaban J connectivity index is 2.77. The van der Waals surface area contributed by atoms with Gasteiger partial charge in [-0.05, 0) is 19.8 Å². The molecule has 0 radical (unpaired) electrons. The molecule has 0 bridgehead atoms. The third-order valence-electron chi connectivity index (χ3n) is 3.14. The number of imidazole rings is 1. The Bertz CT molecular complexity index is 315. The lowest BCUT2D eigenvalue weighted by molar-refractivity contribution is 0.485. The van der Waals surface area contributed by atoms with Crippen LogP contribution in [0.4, 0.5) is 11.6 Å². The fraction of sp³-hybridized carbons (Fsp3) is 0.750. The lowest BCUT2D eigenvalue weighted by atomic mass is 10.0. The molecule has 0 spiro atoms. The number of H-pyrrole nitrogens is 1. The van der Waals surface area contributed by atoms with E-state index in [0.717, 1.165) is 30.6 Å². The summed E-state index contributed by atoms with van der Waals surface area (Å²) in [5.41, 5.74) is 5.92. The Labute approximate surface area is 98.2 Å². The molecular weight excluding hydrogens is 200 g/mol. The number of aromatic nitrogens is 2. The number of nitrogen functional groups attached to an aromatic ring is 1. The van der Waals surface area contributed by atoms with Crippen molar-refractivity contribution in [3.05, 3.63) is 5.82 Å². The predicted octanol–water partition coefficient (Wildman–Crippen LogP) is 2.56. The van der Waals surface area contributed by atoms with E-state index in [1.165, 1.54) is 12.8 Å². The molecule has 3 N–H and O–H groups in total. The normalized spacial score (nSPS) is 11.1. The average Bonchev–Trinajstić information content (AvgIpc) is 2.60. The van der Waals surface area contributed by atoms with Crippen molar-refractivity contribution in [3.8, 4) is 0 Å². The maximum absolute atomic E-state index is 5.92. The van der Waals surface area contributed by atoms with Gasteiger partial charge in [-0.25, -0.2) is 4.98 Å². The topological polar surface area (TPSA) is 57.9 Å². The van der Waals surface area contributed by atoms with Gasteiger partial charge in [0.05, 0.1) is 0 Å². The van der Waals surface area contributed by atoms with E-state index in [4.69, 9.17) is 5.73 Å². The Morgan fingerprint density at radius 1 is 1.31 bits per heavy atom. The summed E-state index contributed by atoms with van der Waals surface area (Å²) in [7, 11) is 0. The van der Waals surface area contributed by atoms with Crippen LogP contribution in [0.3, 0.4) is 0 Å². The van der Waals surface area contributed by atoms with Crippen LogP contribution >= 0.6 is 0 Å². The summed E-state index contributed by atoms with van der Waals surface area (Å²) in [4.78, 5) is 9.77. The Morgan fingerprint density at radius 3 is 2.31 bits per heavy atom. The summed E-state index contributed by atoms with van der Waals surface area (Å²) < 4.78 is 0. The smallest absolute Gasteiger partial charge is 0.171 e. The van der Waals surface area contributed by atoms with Gasteiger partial charge < -0.3 is 15.6 Å². The van der Waals surface area contributed by atoms with Gasteiger partial charge in [-0.15, -0.1) is 0 Å². The van der Waals surface area contributed by atoms with Crippen molar-refractivity contribution in [3.63, 3.8) is 0 Å². The van der Waals surface area contributed by atoms with E-state index in [1.807, 2.05) is 6.92 Å². The second-order valence-corrected chi connectivity index (χ2v) is 4.28. The summed E-state index contributed by atoms with van der Waals surface area (Å²) in [5, 5.41) is 0. The van der Waals surface area contributed by atoms with Crippen LogP contribution in [0.25, 0.3) is 0 Å². The molecule has 1 aromatic heterocycles. The zero-order valence-corrected chi connectivity index (χ0v) is 10.9. The zero-order chi connectivity index (χ0) is 12.1. The first kappa shape index (κ1) is 12.9. The number of aromatic amines is 1. The number of nitrogens with two attached hydrogens (primary N) is 1. The first-order valence-corrected chi connectivity index (χ1v) is 6.19. The Kier molecular flexibility index (Phi) is 4.65. The number of rotatable bonds is 6. The molecule has 0 atom stereocenters. The van der Waals surface area contributed by atoms with Gasteiger partial charge in [-0.3, -0.25) is 0 Å². The highest BCUT2D eigenvalue weighted by molar-refractivity contribution is 5.58. The lowest BCUT2D eigenvalue weighted by Crippen LogP contribution is -2.29. The molecule has 4 heteroatoms. The zero-order valence-electron chi connectivity index (χ0n) is 10.9. The first-order chi connectivity index (χ1) is 7.62. The van der Waals surface area contributed by atoms with Crippen molar-refractivity contribution in [2.45, 2.75) is 40.5 Å². The van der Waals surface area contributed by atoms with Gasteiger partial charge in [0, 0.05) is 13.1 Å². The van der Waals surface area contributed by atoms with Gasteiger partial charge in [0.1, 0.15) is 11.6 Å². The van der Waals surface area contributed by atoms with Crippen molar-refractivity contribution in [1.29, 1.82) is 0 Å². The van der Waals surface area contributed by atoms with Crippen LogP contribution < -0.4 is 10.6 Å². The van der Waals surface area contributed by atoms with E-state index in [0.29, 0.717) is 5.82 Å². The minimum absolute atomic E-state index is 0.685. The number of hydrogen-bond donors (Lipinski definition) is 2. The standard InChI is InChI=1S/C12H24N4/c1-5-10(6-2)8-16(7-3)12-11(13)14-9(4)15-12/h10H,5-8,13H2,1-4H3,(H,14,15). The number of nitrogens with zero attached hydrogens (tertiary/aromatic N) is 2. The SMILES string of the molecule is CCC(CC)CN(CC)c1nc(C)[nH]c1N. The molecule has 1 rings (SSSR count). The lowest BCUT2D eigenvalue weighted by Gasteiger charge is -2.25. The van der Waals surface area contributed by atoms with E-state index in [2.05, 4.69) is 35.6 Å². The van der Waals surface area contributed by atoms with Gasteiger partial charge in [0.2, 0.25) is 0 Å². The van der Waals surface area contributed by atoms with Crippen molar-refractivity contribution < 1.29 is 0 Å². The molecule has 0 saturated carbocycles. The van der Waals surface area contributed by atoms with Crippen LogP contribution in [-0.4, -0.2) is 23.1 Å². The van der Waals surface area contributed by atoms with Crippen LogP contribution in [0.1, 0.15) is 39.4 Å². The third kappa shape index (κ3) is 2.90. The van der Waals surface area contributed by atoms with Gasteiger partial charge in [0.25, 0.3) is 0 Å². The van der Waals surface area contributed by atoms with Crippen molar-refractivity contribution in [1.82, 2.24) is 9.97 Å². The molecule has 0 aliphatic heterocycles. The number of anilines is 2. The summed E-state index contributed by atoms with van der Waals surface area (Å²) >= 11 is 0. The molecule has 0 fully saturated rings. The molecule has 16 heavy (non-hydrogen) atoms. The van der Waals surface area contributed by atoms with Crippen LogP contribution in [0.5, 0.6) is 0 Å². The van der Waals surface area contributed by atoms with E-state index >= 15 is 0 Å². The number of nitrogens with one attached hydrogen (secondary N) is 1. The maximum Gasteiger partial charge on any atom is 0.171 e. The predicted molar refractivity (Wildman–Crippen MR) is 69.7 cm³/mol. The highest BCUT2D eigenvalue weighted by Gasteiger charge is 2.15. The largest absolute Gasteiger partial charge is 0.382 e. The molecule has 92 valence electrons. The molecule has 0 unspecified atom stereocenters. The minimum atomic E-state index is 0.685. The number of hydrogen-bond acceptors (Lipinski definition) is 3. The van der Waals surface area contributed by atoms with Gasteiger partial charge in [-0.2, -0.15) is 0 Å². The fourth-order valence-electron chi connectivity index (χ4n) is 1.96. The van der Waals surface area contributed by atoms with E-state index in [9.17, 15) is 0 Å². The summed E-state index contributed by atoms with van der Waals surface area (Å²) in [6.45, 7) is 10.5. The van der Waals surface area contributed by atoms with Gasteiger partial charge in [0.15, 0.2) is 5.82 Å².